The van der Waals surface area contributed by atoms with Crippen molar-refractivity contribution in [2.45, 2.75) is 6.92 Å². The van der Waals surface area contributed by atoms with Crippen molar-refractivity contribution in [2.24, 2.45) is 0 Å². The van der Waals surface area contributed by atoms with E-state index in [2.05, 4.69) is 5.32 Å². The lowest BCUT2D eigenvalue weighted by molar-refractivity contribution is -0.138. The van der Waals surface area contributed by atoms with Gasteiger partial charge in [0.15, 0.2) is 0 Å². The molecule has 82 valence electrons. The molecule has 0 amide bonds. The highest BCUT2D eigenvalue weighted by molar-refractivity contribution is 5.94. The van der Waals surface area contributed by atoms with Crippen LogP contribution in [0.25, 0.3) is 0 Å². The molecule has 1 aliphatic carbocycles. The van der Waals surface area contributed by atoms with Gasteiger partial charge in [-0.25, -0.2) is 4.79 Å². The second-order valence-corrected chi connectivity index (χ2v) is 3.35. The number of carbonyl (C=O) groups excluding carboxylic acids is 1. The highest BCUT2D eigenvalue weighted by Gasteiger charge is 2.17. The molecule has 0 aromatic heterocycles. The first-order valence-corrected chi connectivity index (χ1v) is 5.23. The number of carbonyl (C=O) groups is 1. The van der Waals surface area contributed by atoms with Crippen molar-refractivity contribution >= 4 is 5.97 Å². The first-order chi connectivity index (χ1) is 7.83. The van der Waals surface area contributed by atoms with Gasteiger partial charge in [0.05, 0.1) is 17.9 Å². The summed E-state index contributed by atoms with van der Waals surface area (Å²) in [5.74, 6) is -0.300. The Morgan fingerprint density at radius 2 is 2.12 bits per heavy atom. The normalized spacial score (nSPS) is 17.4. The van der Waals surface area contributed by atoms with Gasteiger partial charge >= 0.3 is 5.97 Å². The minimum absolute atomic E-state index is 0.300. The molecule has 16 heavy (non-hydrogen) atoms. The van der Waals surface area contributed by atoms with Crippen molar-refractivity contribution in [3.63, 3.8) is 0 Å². The minimum Gasteiger partial charge on any atom is -0.462 e. The van der Waals surface area contributed by atoms with Gasteiger partial charge in [0.2, 0.25) is 0 Å². The average molecular weight is 215 g/mol. The lowest BCUT2D eigenvalue weighted by Crippen LogP contribution is -2.17. The first-order valence-electron chi connectivity index (χ1n) is 5.23. The number of allylic oxidation sites excluding steroid dienone is 5. The third-order valence-corrected chi connectivity index (χ3v) is 2.30. The molecule has 0 fully saturated rings. The fourth-order valence-electron chi connectivity index (χ4n) is 1.60. The molecule has 3 heteroatoms. The summed E-state index contributed by atoms with van der Waals surface area (Å²) in [6.45, 7) is 2.18. The molecule has 0 unspecified atom stereocenters. The highest BCUT2D eigenvalue weighted by Crippen LogP contribution is 2.21. The number of dihydropyridines is 1. The van der Waals surface area contributed by atoms with Gasteiger partial charge in [0.25, 0.3) is 0 Å². The predicted octanol–water partition coefficient (Wildman–Crippen LogP) is 1.97. The van der Waals surface area contributed by atoms with E-state index in [9.17, 15) is 4.79 Å². The predicted molar refractivity (Wildman–Crippen MR) is 62.3 cm³/mol. The standard InChI is InChI=1S/C13H13NO2/c1-2-16-13(15)11-8-4-3-6-10-7-5-9-14-12(10)11/h3-9,14H,2H2,1H3. The number of fused-ring (bicyclic) bond motifs is 1. The lowest BCUT2D eigenvalue weighted by Gasteiger charge is -2.14. The van der Waals surface area contributed by atoms with Gasteiger partial charge < -0.3 is 10.1 Å². The van der Waals surface area contributed by atoms with E-state index in [0.29, 0.717) is 12.2 Å². The van der Waals surface area contributed by atoms with E-state index in [1.165, 1.54) is 0 Å². The van der Waals surface area contributed by atoms with Crippen molar-refractivity contribution in [2.75, 3.05) is 6.61 Å². The van der Waals surface area contributed by atoms with Crippen LogP contribution < -0.4 is 5.32 Å². The van der Waals surface area contributed by atoms with E-state index in [4.69, 9.17) is 4.74 Å². The summed E-state index contributed by atoms with van der Waals surface area (Å²) in [5.41, 5.74) is 2.34. The van der Waals surface area contributed by atoms with Crippen molar-refractivity contribution in [3.8, 4) is 0 Å². The van der Waals surface area contributed by atoms with Crippen molar-refractivity contribution in [3.05, 3.63) is 59.5 Å². The second kappa shape index (κ2) is 4.66. The summed E-state index contributed by atoms with van der Waals surface area (Å²) in [6.07, 6.45) is 13.1. The number of hydrogen-bond acceptors (Lipinski definition) is 3. The van der Waals surface area contributed by atoms with E-state index in [-0.39, 0.29) is 5.97 Å². The van der Waals surface area contributed by atoms with Gasteiger partial charge in [-0.2, -0.15) is 0 Å². The monoisotopic (exact) mass is 215 g/mol. The Kier molecular flexibility index (Phi) is 3.05. The molecule has 0 saturated carbocycles. The summed E-state index contributed by atoms with van der Waals surface area (Å²) in [4.78, 5) is 11.8. The molecule has 1 N–H and O–H groups in total. The zero-order valence-electron chi connectivity index (χ0n) is 9.07. The Bertz CT molecular complexity index is 451. The average Bonchev–Trinajstić information content (AvgIpc) is 2.51. The molecule has 0 atom stereocenters. The van der Waals surface area contributed by atoms with Crippen molar-refractivity contribution < 1.29 is 9.53 Å². The molecular weight excluding hydrogens is 202 g/mol. The summed E-state index contributed by atoms with van der Waals surface area (Å²) in [7, 11) is 0. The molecule has 0 saturated heterocycles. The van der Waals surface area contributed by atoms with Gasteiger partial charge in [-0.05, 0) is 24.6 Å². The number of esters is 1. The Labute approximate surface area is 94.5 Å². The van der Waals surface area contributed by atoms with Gasteiger partial charge in [-0.3, -0.25) is 0 Å². The molecule has 2 rings (SSSR count). The van der Waals surface area contributed by atoms with Crippen LogP contribution in [-0.2, 0) is 9.53 Å². The number of rotatable bonds is 2. The summed E-state index contributed by atoms with van der Waals surface area (Å²) in [5, 5.41) is 3.08. The van der Waals surface area contributed by atoms with Gasteiger partial charge in [-0.15, -0.1) is 0 Å². The summed E-state index contributed by atoms with van der Waals surface area (Å²) in [6, 6.07) is 0. The number of hydrogen-bond donors (Lipinski definition) is 1. The molecule has 0 aromatic carbocycles. The van der Waals surface area contributed by atoms with Crippen LogP contribution in [0.5, 0.6) is 0 Å². The second-order valence-electron chi connectivity index (χ2n) is 3.35. The molecule has 0 radical (unpaired) electrons. The molecule has 2 aliphatic rings. The maximum Gasteiger partial charge on any atom is 0.340 e. The Morgan fingerprint density at radius 3 is 2.94 bits per heavy atom. The molecule has 1 heterocycles. The maximum atomic E-state index is 11.8. The highest BCUT2D eigenvalue weighted by atomic mass is 16.5. The van der Waals surface area contributed by atoms with E-state index in [1.54, 1.807) is 19.2 Å². The minimum atomic E-state index is -0.300. The van der Waals surface area contributed by atoms with Crippen LogP contribution in [0.15, 0.2) is 59.5 Å². The van der Waals surface area contributed by atoms with Crippen LogP contribution in [0.4, 0.5) is 0 Å². The topological polar surface area (TPSA) is 38.3 Å². The van der Waals surface area contributed by atoms with Crippen LogP contribution in [-0.4, -0.2) is 12.6 Å². The van der Waals surface area contributed by atoms with Crippen LogP contribution >= 0.6 is 0 Å². The van der Waals surface area contributed by atoms with E-state index >= 15 is 0 Å². The molecule has 1 aliphatic heterocycles. The van der Waals surface area contributed by atoms with Crippen molar-refractivity contribution in [1.29, 1.82) is 0 Å². The van der Waals surface area contributed by atoms with Gasteiger partial charge in [0, 0.05) is 6.20 Å². The Hall–Kier alpha value is -2.03. The van der Waals surface area contributed by atoms with Crippen molar-refractivity contribution in [1.82, 2.24) is 5.32 Å². The van der Waals surface area contributed by atoms with E-state index in [0.717, 1.165) is 11.3 Å². The Balaban J connectivity index is 2.41. The van der Waals surface area contributed by atoms with Crippen LogP contribution in [0.1, 0.15) is 6.92 Å². The van der Waals surface area contributed by atoms with Crippen LogP contribution in [0, 0.1) is 0 Å². The largest absolute Gasteiger partial charge is 0.462 e. The molecule has 0 spiro atoms. The van der Waals surface area contributed by atoms with Crippen LogP contribution in [0.3, 0.4) is 0 Å². The lowest BCUT2D eigenvalue weighted by atomic mass is 10.1. The molecule has 0 aromatic rings. The number of nitrogens with one attached hydrogen (secondary N) is 1. The molecule has 0 bridgehead atoms. The quantitative estimate of drug-likeness (QED) is 0.716. The smallest absolute Gasteiger partial charge is 0.340 e. The summed E-state index contributed by atoms with van der Waals surface area (Å²) < 4.78 is 5.02. The third-order valence-electron chi connectivity index (χ3n) is 2.30. The third kappa shape index (κ3) is 1.98. The number of ether oxygens (including phenoxy) is 1. The van der Waals surface area contributed by atoms with Crippen LogP contribution in [0.2, 0.25) is 0 Å². The zero-order valence-corrected chi connectivity index (χ0v) is 9.07. The van der Waals surface area contributed by atoms with E-state index < -0.39 is 0 Å². The first kappa shape index (κ1) is 10.5. The Morgan fingerprint density at radius 1 is 1.31 bits per heavy atom. The van der Waals surface area contributed by atoms with Gasteiger partial charge in [-0.1, -0.05) is 24.3 Å². The van der Waals surface area contributed by atoms with E-state index in [1.807, 2.05) is 30.4 Å². The maximum absolute atomic E-state index is 11.8. The zero-order chi connectivity index (χ0) is 11.4. The van der Waals surface area contributed by atoms with Gasteiger partial charge in [0.1, 0.15) is 0 Å². The fourth-order valence-corrected chi connectivity index (χ4v) is 1.60. The SMILES string of the molecule is CCOC(=O)C1=C2NC=CC=C2C=CC=C1. The molecular formula is C13H13NO2. The fraction of sp³-hybridized carbons (Fsp3) is 0.154. The molecule has 3 nitrogen and oxygen atoms in total. The summed E-state index contributed by atoms with van der Waals surface area (Å²) >= 11 is 0.